The molecule has 0 spiro atoms. The third-order valence-corrected chi connectivity index (χ3v) is 1.63. The highest BCUT2D eigenvalue weighted by atomic mass is 15.1. The molecule has 0 aliphatic carbocycles. The second-order valence-electron chi connectivity index (χ2n) is 2.66. The average molecular weight is 197 g/mol. The molecular weight excluding hydrogens is 192 g/mol. The maximum absolute atomic E-state index is 7.45. The Kier molecular flexibility index (Phi) is 1.70. The van der Waals surface area contributed by atoms with Crippen LogP contribution in [0.25, 0.3) is 21.0 Å². The Hall–Kier alpha value is -2.60. The van der Waals surface area contributed by atoms with Gasteiger partial charge >= 0.3 is 11.3 Å². The minimum atomic E-state index is -0.111. The first-order chi connectivity index (χ1) is 7.65. The third-order valence-electron chi connectivity index (χ3n) is 1.63. The van der Waals surface area contributed by atoms with Crippen molar-refractivity contribution in [2.24, 2.45) is 0 Å². The molecule has 0 fully saturated rings. The van der Waals surface area contributed by atoms with E-state index in [2.05, 4.69) is 29.6 Å². The first-order valence-electron chi connectivity index (χ1n) is 4.43. The summed E-state index contributed by atoms with van der Waals surface area (Å²) in [5.41, 5.74) is 0.717. The maximum Gasteiger partial charge on any atom is 0.315 e. The van der Waals surface area contributed by atoms with E-state index in [1.807, 2.05) is 0 Å². The Morgan fingerprint density at radius 2 is 1.73 bits per heavy atom. The summed E-state index contributed by atoms with van der Waals surface area (Å²) in [7, 11) is 0. The van der Waals surface area contributed by atoms with Crippen molar-refractivity contribution in [2.45, 2.75) is 6.92 Å². The van der Waals surface area contributed by atoms with Crippen LogP contribution in [-0.2, 0) is 0 Å². The van der Waals surface area contributed by atoms with Gasteiger partial charge in [-0.15, -0.1) is 9.97 Å². The van der Waals surface area contributed by atoms with Gasteiger partial charge in [0.05, 0.1) is 13.2 Å². The summed E-state index contributed by atoms with van der Waals surface area (Å²) in [5.74, 6) is -0.200. The third kappa shape index (κ3) is 1.45. The fraction of sp³-hybridized carbons (Fsp3) is 0.111. The van der Waals surface area contributed by atoms with E-state index in [9.17, 15) is 0 Å². The molecule has 70 valence electrons. The molecule has 0 saturated heterocycles. The molecule has 2 aromatic rings. The van der Waals surface area contributed by atoms with Crippen LogP contribution in [0.5, 0.6) is 0 Å². The highest BCUT2D eigenvalue weighted by molar-refractivity contribution is 5.74. The molecule has 6 heteroatoms. The molecule has 15 heavy (non-hydrogen) atoms. The second-order valence-corrected chi connectivity index (χ2v) is 2.66. The molecule has 0 N–H and O–H groups in total. The van der Waals surface area contributed by atoms with Gasteiger partial charge in [-0.1, -0.05) is 13.1 Å². The van der Waals surface area contributed by atoms with Crippen LogP contribution in [0.1, 0.15) is 7.06 Å². The number of aromatic nitrogens is 4. The molecule has 0 aliphatic rings. The quantitative estimate of drug-likeness (QED) is 0.604. The van der Waals surface area contributed by atoms with Crippen LogP contribution in [-0.4, -0.2) is 19.9 Å². The number of rotatable bonds is 0. The zero-order valence-corrected chi connectivity index (χ0v) is 7.68. The monoisotopic (exact) mass is 197 g/mol. The lowest BCUT2D eigenvalue weighted by Crippen LogP contribution is -1.92. The van der Waals surface area contributed by atoms with Crippen LogP contribution < -0.4 is 0 Å². The van der Waals surface area contributed by atoms with Crippen molar-refractivity contribution in [1.82, 2.24) is 19.9 Å². The SMILES string of the molecule is [2H]c1nc2nc([N+]#[C-])c([N+]#[C-])nc2nc1C. The average Bonchev–Trinajstić information content (AvgIpc) is 2.29. The molecule has 0 unspecified atom stereocenters. The molecule has 0 radical (unpaired) electrons. The Labute approximate surface area is 86.7 Å². The summed E-state index contributed by atoms with van der Waals surface area (Å²) in [6.07, 6.45) is -0.00621. The smallest absolute Gasteiger partial charge is 0.315 e. The first-order valence-corrected chi connectivity index (χ1v) is 3.93. The van der Waals surface area contributed by atoms with Gasteiger partial charge in [-0.2, -0.15) is 0 Å². The van der Waals surface area contributed by atoms with Gasteiger partial charge in [-0.25, -0.2) is 9.97 Å². The Morgan fingerprint density at radius 1 is 1.13 bits per heavy atom. The lowest BCUT2D eigenvalue weighted by atomic mass is 10.5. The van der Waals surface area contributed by atoms with Crippen molar-refractivity contribution in [1.29, 1.82) is 0 Å². The predicted octanol–water partition coefficient (Wildman–Crippen LogP) is 1.83. The van der Waals surface area contributed by atoms with Gasteiger partial charge in [0.1, 0.15) is 0 Å². The molecule has 6 nitrogen and oxygen atoms in total. The molecule has 2 aromatic heterocycles. The zero-order chi connectivity index (χ0) is 11.7. The van der Waals surface area contributed by atoms with Crippen LogP contribution in [0, 0.1) is 20.1 Å². The summed E-state index contributed by atoms with van der Waals surface area (Å²) < 4.78 is 7.45. The number of fused-ring (bicyclic) bond motifs is 1. The summed E-state index contributed by atoms with van der Waals surface area (Å²) >= 11 is 0. The molecule has 0 amide bonds. The second kappa shape index (κ2) is 3.28. The Morgan fingerprint density at radius 3 is 2.33 bits per heavy atom. The molecule has 0 atom stereocenters. The van der Waals surface area contributed by atoms with Gasteiger partial charge < -0.3 is 9.69 Å². The summed E-state index contributed by atoms with van der Waals surface area (Å²) in [5, 5.41) is 0. The fourth-order valence-corrected chi connectivity index (χ4v) is 1.02. The minimum Gasteiger partial charge on any atom is -0.370 e. The topological polar surface area (TPSA) is 60.3 Å². The van der Waals surface area contributed by atoms with Crippen molar-refractivity contribution in [2.75, 3.05) is 0 Å². The van der Waals surface area contributed by atoms with E-state index in [4.69, 9.17) is 14.5 Å². The van der Waals surface area contributed by atoms with Gasteiger partial charge in [0.25, 0.3) is 11.6 Å². The van der Waals surface area contributed by atoms with E-state index in [1.165, 1.54) is 0 Å². The van der Waals surface area contributed by atoms with E-state index in [1.54, 1.807) is 6.92 Å². The summed E-state index contributed by atoms with van der Waals surface area (Å²) in [6, 6.07) is 0. The Bertz CT molecular complexity index is 608. The molecule has 0 bridgehead atoms. The lowest BCUT2D eigenvalue weighted by molar-refractivity contribution is 1.12. The van der Waals surface area contributed by atoms with Crippen molar-refractivity contribution >= 4 is 22.9 Å². The van der Waals surface area contributed by atoms with Gasteiger partial charge in [-0.05, 0) is 6.92 Å². The van der Waals surface area contributed by atoms with Crippen molar-refractivity contribution in [3.05, 3.63) is 34.7 Å². The number of hydrogen-bond donors (Lipinski definition) is 0. The van der Waals surface area contributed by atoms with E-state index in [0.717, 1.165) is 0 Å². The molecule has 0 saturated carbocycles. The molecule has 2 rings (SSSR count). The van der Waals surface area contributed by atoms with Crippen LogP contribution >= 0.6 is 0 Å². The zero-order valence-electron chi connectivity index (χ0n) is 8.68. The lowest BCUT2D eigenvalue weighted by Gasteiger charge is -1.94. The van der Waals surface area contributed by atoms with Crippen LogP contribution in [0.15, 0.2) is 6.17 Å². The number of hydrogen-bond acceptors (Lipinski definition) is 4. The maximum atomic E-state index is 7.45. The standard InChI is InChI=1S/C9H4N6/c1-5-4-12-8-9(13-5)15-7(11-3)6(10-2)14-8/h4H,1H3/i4D. The van der Waals surface area contributed by atoms with Gasteiger partial charge in [0.2, 0.25) is 0 Å². The van der Waals surface area contributed by atoms with E-state index >= 15 is 0 Å². The van der Waals surface area contributed by atoms with E-state index < -0.39 is 0 Å². The van der Waals surface area contributed by atoms with Crippen LogP contribution in [0.2, 0.25) is 0 Å². The molecule has 0 aliphatic heterocycles. The minimum absolute atomic E-state index is 0.00621. The fourth-order valence-electron chi connectivity index (χ4n) is 1.02. The molecule has 0 aromatic carbocycles. The predicted molar refractivity (Wildman–Crippen MR) is 52.4 cm³/mol. The van der Waals surface area contributed by atoms with Crippen molar-refractivity contribution in [3.63, 3.8) is 0 Å². The largest absolute Gasteiger partial charge is 0.370 e. The van der Waals surface area contributed by atoms with Gasteiger partial charge in [0.15, 0.2) is 0 Å². The molecular formula is C9H4N6. The normalized spacial score (nSPS) is 10.5. The van der Waals surface area contributed by atoms with E-state index in [-0.39, 0.29) is 29.1 Å². The highest BCUT2D eigenvalue weighted by Gasteiger charge is 2.14. The summed E-state index contributed by atoms with van der Waals surface area (Å²) in [4.78, 5) is 21.7. The highest BCUT2D eigenvalue weighted by Crippen LogP contribution is 2.24. The Balaban J connectivity index is 2.86. The van der Waals surface area contributed by atoms with Gasteiger partial charge in [-0.3, -0.25) is 0 Å². The van der Waals surface area contributed by atoms with E-state index in [0.29, 0.717) is 5.69 Å². The number of nitrogens with zero attached hydrogens (tertiary/aromatic N) is 6. The molecule has 2 heterocycles. The van der Waals surface area contributed by atoms with Crippen molar-refractivity contribution < 1.29 is 1.37 Å². The van der Waals surface area contributed by atoms with Crippen LogP contribution in [0.3, 0.4) is 0 Å². The first kappa shape index (κ1) is 7.77. The number of aryl methyl sites for hydroxylation is 1. The van der Waals surface area contributed by atoms with Gasteiger partial charge in [0, 0.05) is 0 Å². The van der Waals surface area contributed by atoms with Crippen LogP contribution in [0.4, 0.5) is 11.6 Å². The summed E-state index contributed by atoms with van der Waals surface area (Å²) in [6.45, 7) is 15.3. The van der Waals surface area contributed by atoms with Crippen molar-refractivity contribution in [3.8, 4) is 0 Å².